The van der Waals surface area contributed by atoms with Gasteiger partial charge in [-0.3, -0.25) is 0 Å². The lowest BCUT2D eigenvalue weighted by atomic mass is 10.1. The SMILES string of the molecule is CO[Si](C)(CCCCCCCCCCCOCCOc1ccccc1)OC. The average Bonchev–Trinajstić information content (AvgIpc) is 2.71. The van der Waals surface area contributed by atoms with Gasteiger partial charge in [-0.1, -0.05) is 69.6 Å². The highest BCUT2D eigenvalue weighted by atomic mass is 28.4. The fraction of sp³-hybridized carbons (Fsp3) is 0.727. The van der Waals surface area contributed by atoms with E-state index in [9.17, 15) is 0 Å². The monoisotopic (exact) mass is 396 g/mol. The molecule has 0 aromatic heterocycles. The second-order valence-corrected chi connectivity index (χ2v) is 10.8. The molecular weight excluding hydrogens is 356 g/mol. The van der Waals surface area contributed by atoms with E-state index in [0.29, 0.717) is 13.2 Å². The van der Waals surface area contributed by atoms with Gasteiger partial charge in [-0.05, 0) is 31.1 Å². The number of hydrogen-bond acceptors (Lipinski definition) is 4. The molecular formula is C22H40O4Si. The Labute approximate surface area is 167 Å². The molecule has 5 heteroatoms. The second kappa shape index (κ2) is 16.1. The standard InChI is InChI=1S/C22H40O4Si/c1-23-27(3,24-2)21-15-10-8-6-4-5-7-9-14-18-25-19-20-26-22-16-12-11-13-17-22/h11-13,16-17H,4-10,14-15,18-21H2,1-3H3. The van der Waals surface area contributed by atoms with Gasteiger partial charge < -0.3 is 18.3 Å². The van der Waals surface area contributed by atoms with Crippen LogP contribution in [-0.2, 0) is 13.6 Å². The lowest BCUT2D eigenvalue weighted by Crippen LogP contribution is -2.35. The summed E-state index contributed by atoms with van der Waals surface area (Å²) < 4.78 is 22.3. The van der Waals surface area contributed by atoms with E-state index in [4.69, 9.17) is 18.3 Å². The van der Waals surface area contributed by atoms with Crippen LogP contribution in [0.1, 0.15) is 57.8 Å². The third-order valence-electron chi connectivity index (χ3n) is 5.02. The van der Waals surface area contributed by atoms with Gasteiger partial charge in [-0.15, -0.1) is 0 Å². The highest BCUT2D eigenvalue weighted by Crippen LogP contribution is 2.17. The Bertz CT molecular complexity index is 437. The van der Waals surface area contributed by atoms with E-state index in [1.165, 1.54) is 51.4 Å². The van der Waals surface area contributed by atoms with E-state index in [1.807, 2.05) is 30.3 Å². The van der Waals surface area contributed by atoms with Gasteiger partial charge in [0.05, 0.1) is 6.61 Å². The van der Waals surface area contributed by atoms with Crippen molar-refractivity contribution in [3.63, 3.8) is 0 Å². The Balaban J connectivity index is 1.77. The zero-order valence-electron chi connectivity index (χ0n) is 17.7. The fourth-order valence-corrected chi connectivity index (χ4v) is 4.48. The van der Waals surface area contributed by atoms with Crippen molar-refractivity contribution in [2.24, 2.45) is 0 Å². The molecule has 0 saturated heterocycles. The van der Waals surface area contributed by atoms with E-state index in [-0.39, 0.29) is 0 Å². The van der Waals surface area contributed by atoms with Crippen LogP contribution in [0, 0.1) is 0 Å². The zero-order valence-corrected chi connectivity index (χ0v) is 18.7. The molecule has 0 fully saturated rings. The van der Waals surface area contributed by atoms with Gasteiger partial charge in [-0.25, -0.2) is 0 Å². The third-order valence-corrected chi connectivity index (χ3v) is 8.01. The van der Waals surface area contributed by atoms with Crippen LogP contribution in [0.15, 0.2) is 30.3 Å². The van der Waals surface area contributed by atoms with E-state index in [2.05, 4.69) is 6.55 Å². The topological polar surface area (TPSA) is 36.9 Å². The smallest absolute Gasteiger partial charge is 0.334 e. The molecule has 27 heavy (non-hydrogen) atoms. The van der Waals surface area contributed by atoms with Gasteiger partial charge in [0.15, 0.2) is 0 Å². The molecule has 0 aliphatic carbocycles. The molecule has 4 nitrogen and oxygen atoms in total. The maximum atomic E-state index is 5.63. The van der Waals surface area contributed by atoms with Crippen LogP contribution in [0.25, 0.3) is 0 Å². The molecule has 1 rings (SSSR count). The Morgan fingerprint density at radius 1 is 0.667 bits per heavy atom. The molecule has 156 valence electrons. The largest absolute Gasteiger partial charge is 0.491 e. The van der Waals surface area contributed by atoms with Crippen LogP contribution in [0.5, 0.6) is 5.75 Å². The van der Waals surface area contributed by atoms with Crippen LogP contribution in [-0.4, -0.2) is 42.6 Å². The maximum Gasteiger partial charge on any atom is 0.334 e. The number of rotatable bonds is 18. The molecule has 1 aromatic carbocycles. The molecule has 0 spiro atoms. The molecule has 0 saturated carbocycles. The van der Waals surface area contributed by atoms with Crippen LogP contribution < -0.4 is 4.74 Å². The predicted molar refractivity (Wildman–Crippen MR) is 115 cm³/mol. The minimum absolute atomic E-state index is 0.625. The molecule has 0 aliphatic rings. The quantitative estimate of drug-likeness (QED) is 0.227. The highest BCUT2D eigenvalue weighted by Gasteiger charge is 2.27. The van der Waals surface area contributed by atoms with Crippen molar-refractivity contribution in [3.8, 4) is 5.75 Å². The summed E-state index contributed by atoms with van der Waals surface area (Å²) in [6, 6.07) is 11.0. The first-order valence-electron chi connectivity index (χ1n) is 10.6. The van der Waals surface area contributed by atoms with Crippen molar-refractivity contribution in [3.05, 3.63) is 30.3 Å². The molecule has 0 unspecified atom stereocenters. The van der Waals surface area contributed by atoms with Gasteiger partial charge in [0.1, 0.15) is 12.4 Å². The van der Waals surface area contributed by atoms with Crippen molar-refractivity contribution in [2.45, 2.75) is 70.4 Å². The summed E-state index contributed by atoms with van der Waals surface area (Å²) in [6.45, 7) is 4.29. The van der Waals surface area contributed by atoms with E-state index < -0.39 is 8.56 Å². The minimum Gasteiger partial charge on any atom is -0.491 e. The van der Waals surface area contributed by atoms with Crippen LogP contribution in [0.4, 0.5) is 0 Å². The molecule has 0 atom stereocenters. The molecule has 0 bridgehead atoms. The van der Waals surface area contributed by atoms with Gasteiger partial charge in [0.25, 0.3) is 0 Å². The van der Waals surface area contributed by atoms with Crippen molar-refractivity contribution < 1.29 is 18.3 Å². The Morgan fingerprint density at radius 3 is 1.81 bits per heavy atom. The van der Waals surface area contributed by atoms with E-state index >= 15 is 0 Å². The Kier molecular flexibility index (Phi) is 14.4. The first-order valence-corrected chi connectivity index (χ1v) is 13.1. The van der Waals surface area contributed by atoms with Gasteiger partial charge in [-0.2, -0.15) is 0 Å². The molecule has 0 radical (unpaired) electrons. The number of para-hydroxylation sites is 1. The summed E-state index contributed by atoms with van der Waals surface area (Å²) in [4.78, 5) is 0. The maximum absolute atomic E-state index is 5.63. The number of ether oxygens (including phenoxy) is 2. The summed E-state index contributed by atoms with van der Waals surface area (Å²) in [6.07, 6.45) is 11.7. The van der Waals surface area contributed by atoms with Gasteiger partial charge in [0.2, 0.25) is 0 Å². The van der Waals surface area contributed by atoms with Crippen LogP contribution >= 0.6 is 0 Å². The second-order valence-electron chi connectivity index (χ2n) is 7.25. The molecule has 1 aromatic rings. The molecule has 0 aliphatic heterocycles. The van der Waals surface area contributed by atoms with Crippen molar-refractivity contribution in [1.29, 1.82) is 0 Å². The summed E-state index contributed by atoms with van der Waals surface area (Å²) in [5.41, 5.74) is 0. The Hall–Kier alpha value is -0.883. The van der Waals surface area contributed by atoms with E-state index in [1.54, 1.807) is 14.2 Å². The third kappa shape index (κ3) is 13.0. The normalized spacial score (nSPS) is 11.7. The number of unbranched alkanes of at least 4 members (excludes halogenated alkanes) is 8. The van der Waals surface area contributed by atoms with Gasteiger partial charge in [0, 0.05) is 20.8 Å². The summed E-state index contributed by atoms with van der Waals surface area (Å²) in [5, 5.41) is 0. The average molecular weight is 397 g/mol. The van der Waals surface area contributed by atoms with Crippen LogP contribution in [0.2, 0.25) is 12.6 Å². The zero-order chi connectivity index (χ0) is 19.6. The predicted octanol–water partition coefficient (Wildman–Crippen LogP) is 5.96. The van der Waals surface area contributed by atoms with Crippen LogP contribution in [0.3, 0.4) is 0 Å². The number of benzene rings is 1. The lowest BCUT2D eigenvalue weighted by molar-refractivity contribution is 0.0970. The summed E-state index contributed by atoms with van der Waals surface area (Å²) in [7, 11) is 1.72. The van der Waals surface area contributed by atoms with E-state index in [0.717, 1.165) is 24.8 Å². The fourth-order valence-electron chi connectivity index (χ4n) is 3.01. The highest BCUT2D eigenvalue weighted by molar-refractivity contribution is 6.65. The number of hydrogen-bond donors (Lipinski definition) is 0. The molecule has 0 N–H and O–H groups in total. The van der Waals surface area contributed by atoms with Crippen molar-refractivity contribution >= 4 is 8.56 Å². The first kappa shape index (κ1) is 24.2. The first-order chi connectivity index (χ1) is 13.2. The minimum atomic E-state index is -1.84. The summed E-state index contributed by atoms with van der Waals surface area (Å²) >= 11 is 0. The lowest BCUT2D eigenvalue weighted by Gasteiger charge is -2.22. The summed E-state index contributed by atoms with van der Waals surface area (Å²) in [5.74, 6) is 0.912. The molecule has 0 amide bonds. The molecule has 0 heterocycles. The van der Waals surface area contributed by atoms with Crippen molar-refractivity contribution in [1.82, 2.24) is 0 Å². The Morgan fingerprint density at radius 2 is 1.22 bits per heavy atom. The van der Waals surface area contributed by atoms with Gasteiger partial charge >= 0.3 is 8.56 Å². The van der Waals surface area contributed by atoms with Crippen molar-refractivity contribution in [2.75, 3.05) is 34.0 Å².